The number of nitrogens with zero attached hydrogens (tertiary/aromatic N) is 1. The van der Waals surface area contributed by atoms with Gasteiger partial charge in [0.1, 0.15) is 11.4 Å². The van der Waals surface area contributed by atoms with E-state index >= 15 is 0 Å². The number of carbonyl (C=O) groups excluding carboxylic acids is 2. The van der Waals surface area contributed by atoms with Gasteiger partial charge >= 0.3 is 6.09 Å². The monoisotopic (exact) mass is 273 g/mol. The van der Waals surface area contributed by atoms with Crippen LogP contribution in [-0.2, 0) is 9.53 Å². The number of likely N-dealkylation sites (tertiary alicyclic amines) is 1. The van der Waals surface area contributed by atoms with E-state index < -0.39 is 5.60 Å². The summed E-state index contributed by atoms with van der Waals surface area (Å²) in [6, 6.07) is 0. The SMILES string of the molecule is C=C(Cl)CC(=O)CC1CN(C(=O)OC(C)(C)C)C1. The van der Waals surface area contributed by atoms with Crippen molar-refractivity contribution in [2.45, 2.75) is 39.2 Å². The van der Waals surface area contributed by atoms with Gasteiger partial charge in [0.05, 0.1) is 0 Å². The minimum absolute atomic E-state index is 0.0730. The van der Waals surface area contributed by atoms with Crippen molar-refractivity contribution in [1.29, 1.82) is 0 Å². The molecule has 0 saturated carbocycles. The van der Waals surface area contributed by atoms with Gasteiger partial charge < -0.3 is 9.64 Å². The topological polar surface area (TPSA) is 46.6 Å². The Morgan fingerprint density at radius 1 is 1.39 bits per heavy atom. The molecule has 1 aliphatic rings. The van der Waals surface area contributed by atoms with Crippen LogP contribution in [0.4, 0.5) is 4.79 Å². The lowest BCUT2D eigenvalue weighted by Crippen LogP contribution is -2.52. The first-order valence-corrected chi connectivity index (χ1v) is 6.38. The average Bonchev–Trinajstić information content (AvgIpc) is 2.05. The van der Waals surface area contributed by atoms with Gasteiger partial charge in [-0.3, -0.25) is 4.79 Å². The third-order valence-corrected chi connectivity index (χ3v) is 2.65. The summed E-state index contributed by atoms with van der Waals surface area (Å²) >= 11 is 5.57. The van der Waals surface area contributed by atoms with Gasteiger partial charge in [-0.25, -0.2) is 4.79 Å². The van der Waals surface area contributed by atoms with Crippen LogP contribution in [0, 0.1) is 5.92 Å². The van der Waals surface area contributed by atoms with Crippen molar-refractivity contribution >= 4 is 23.5 Å². The molecule has 1 saturated heterocycles. The summed E-state index contributed by atoms with van der Waals surface area (Å²) in [5.74, 6) is 0.296. The van der Waals surface area contributed by atoms with Crippen LogP contribution in [0.15, 0.2) is 11.6 Å². The predicted octanol–water partition coefficient (Wildman–Crippen LogP) is 2.96. The number of allylic oxidation sites excluding steroid dienone is 1. The van der Waals surface area contributed by atoms with Gasteiger partial charge in [-0.2, -0.15) is 0 Å². The number of halogens is 1. The Hall–Kier alpha value is -1.03. The number of hydrogen-bond donors (Lipinski definition) is 0. The molecule has 1 amide bonds. The van der Waals surface area contributed by atoms with Gasteiger partial charge in [0.25, 0.3) is 0 Å². The molecule has 1 fully saturated rings. The molecule has 1 heterocycles. The fraction of sp³-hybridized carbons (Fsp3) is 0.692. The Kier molecular flexibility index (Phi) is 4.79. The third kappa shape index (κ3) is 5.08. The highest BCUT2D eigenvalue weighted by atomic mass is 35.5. The normalized spacial score (nSPS) is 16.1. The van der Waals surface area contributed by atoms with E-state index in [9.17, 15) is 9.59 Å². The summed E-state index contributed by atoms with van der Waals surface area (Å²) in [7, 11) is 0. The number of hydrogen-bond acceptors (Lipinski definition) is 3. The summed E-state index contributed by atoms with van der Waals surface area (Å²) < 4.78 is 5.23. The Morgan fingerprint density at radius 3 is 2.39 bits per heavy atom. The van der Waals surface area contributed by atoms with Gasteiger partial charge in [0.15, 0.2) is 0 Å². The molecule has 18 heavy (non-hydrogen) atoms. The molecule has 0 aromatic rings. The molecule has 1 aliphatic heterocycles. The van der Waals surface area contributed by atoms with Crippen LogP contribution in [0.3, 0.4) is 0 Å². The molecule has 0 atom stereocenters. The van der Waals surface area contributed by atoms with Crippen LogP contribution in [0.1, 0.15) is 33.6 Å². The van der Waals surface area contributed by atoms with E-state index in [1.807, 2.05) is 20.8 Å². The van der Waals surface area contributed by atoms with Gasteiger partial charge in [-0.05, 0) is 20.8 Å². The molecular formula is C13H20ClNO3. The Balaban J connectivity index is 2.26. The van der Waals surface area contributed by atoms with E-state index in [0.29, 0.717) is 24.5 Å². The third-order valence-electron chi connectivity index (χ3n) is 2.51. The van der Waals surface area contributed by atoms with Crippen molar-refractivity contribution in [2.24, 2.45) is 5.92 Å². The van der Waals surface area contributed by atoms with Crippen molar-refractivity contribution in [2.75, 3.05) is 13.1 Å². The fourth-order valence-electron chi connectivity index (χ4n) is 1.78. The van der Waals surface area contributed by atoms with Crippen LogP contribution in [0.2, 0.25) is 0 Å². The lowest BCUT2D eigenvalue weighted by molar-refractivity contribution is -0.120. The van der Waals surface area contributed by atoms with Crippen LogP contribution < -0.4 is 0 Å². The van der Waals surface area contributed by atoms with Crippen molar-refractivity contribution in [3.05, 3.63) is 11.6 Å². The summed E-state index contributed by atoms with van der Waals surface area (Å²) in [4.78, 5) is 24.7. The van der Waals surface area contributed by atoms with Crippen LogP contribution in [-0.4, -0.2) is 35.5 Å². The summed E-state index contributed by atoms with van der Waals surface area (Å²) in [6.45, 7) is 10.1. The molecule has 0 unspecified atom stereocenters. The smallest absolute Gasteiger partial charge is 0.410 e. The van der Waals surface area contributed by atoms with Crippen molar-refractivity contribution < 1.29 is 14.3 Å². The first-order chi connectivity index (χ1) is 8.17. The maximum atomic E-state index is 11.6. The molecule has 102 valence electrons. The lowest BCUT2D eigenvalue weighted by atomic mass is 9.93. The van der Waals surface area contributed by atoms with Crippen LogP contribution in [0.25, 0.3) is 0 Å². The molecule has 0 spiro atoms. The molecule has 4 nitrogen and oxygen atoms in total. The van der Waals surface area contributed by atoms with Crippen molar-refractivity contribution in [3.8, 4) is 0 Å². The number of amides is 1. The Morgan fingerprint density at radius 2 is 1.94 bits per heavy atom. The van der Waals surface area contributed by atoms with Crippen LogP contribution in [0.5, 0.6) is 0 Å². The van der Waals surface area contributed by atoms with E-state index in [1.54, 1.807) is 4.90 Å². The molecule has 5 heteroatoms. The largest absolute Gasteiger partial charge is 0.444 e. The summed E-state index contributed by atoms with van der Waals surface area (Å²) in [5.41, 5.74) is -0.478. The average molecular weight is 274 g/mol. The molecule has 0 aliphatic carbocycles. The number of carbonyl (C=O) groups is 2. The highest BCUT2D eigenvalue weighted by Crippen LogP contribution is 2.23. The summed E-state index contributed by atoms with van der Waals surface area (Å²) in [6.07, 6.45) is 0.350. The second-order valence-electron chi connectivity index (χ2n) is 5.69. The predicted molar refractivity (Wildman–Crippen MR) is 70.5 cm³/mol. The van der Waals surface area contributed by atoms with E-state index in [-0.39, 0.29) is 24.2 Å². The van der Waals surface area contributed by atoms with Gasteiger partial charge in [0, 0.05) is 36.9 Å². The zero-order valence-electron chi connectivity index (χ0n) is 11.2. The van der Waals surface area contributed by atoms with Gasteiger partial charge in [0.2, 0.25) is 0 Å². The molecule has 0 bridgehead atoms. The van der Waals surface area contributed by atoms with Crippen molar-refractivity contribution in [3.63, 3.8) is 0 Å². The first-order valence-electron chi connectivity index (χ1n) is 6.00. The zero-order chi connectivity index (χ0) is 13.9. The first kappa shape index (κ1) is 15.0. The molecule has 0 radical (unpaired) electrons. The Bertz CT molecular complexity index is 354. The van der Waals surface area contributed by atoms with Gasteiger partial charge in [-0.15, -0.1) is 0 Å². The molecule has 0 N–H and O–H groups in total. The minimum atomic E-state index is -0.478. The maximum Gasteiger partial charge on any atom is 0.410 e. The minimum Gasteiger partial charge on any atom is -0.444 e. The van der Waals surface area contributed by atoms with Gasteiger partial charge in [-0.1, -0.05) is 18.2 Å². The summed E-state index contributed by atoms with van der Waals surface area (Å²) in [5, 5.41) is 0.364. The zero-order valence-corrected chi connectivity index (χ0v) is 11.9. The van der Waals surface area contributed by atoms with Crippen LogP contribution >= 0.6 is 11.6 Å². The second-order valence-corrected chi connectivity index (χ2v) is 6.22. The quantitative estimate of drug-likeness (QED) is 0.791. The standard InChI is InChI=1S/C13H20ClNO3/c1-9(14)5-11(16)6-10-7-15(8-10)12(17)18-13(2,3)4/h10H,1,5-8H2,2-4H3. The molecule has 0 aromatic carbocycles. The van der Waals surface area contributed by atoms with Crippen molar-refractivity contribution in [1.82, 2.24) is 4.90 Å². The maximum absolute atomic E-state index is 11.6. The van der Waals surface area contributed by atoms with E-state index in [1.165, 1.54) is 0 Å². The van der Waals surface area contributed by atoms with E-state index in [4.69, 9.17) is 16.3 Å². The molecular weight excluding hydrogens is 254 g/mol. The number of ether oxygens (including phenoxy) is 1. The highest BCUT2D eigenvalue weighted by molar-refractivity contribution is 6.30. The second kappa shape index (κ2) is 5.74. The number of rotatable bonds is 4. The van der Waals surface area contributed by atoms with E-state index in [2.05, 4.69) is 6.58 Å². The molecule has 0 aromatic heterocycles. The highest BCUT2D eigenvalue weighted by Gasteiger charge is 2.34. The number of ketones is 1. The lowest BCUT2D eigenvalue weighted by Gasteiger charge is -2.39. The Labute approximate surface area is 113 Å². The fourth-order valence-corrected chi connectivity index (χ4v) is 1.93. The number of Topliss-reactive ketones (excluding diaryl/α,β-unsaturated/α-hetero) is 1. The van der Waals surface area contributed by atoms with E-state index in [0.717, 1.165) is 0 Å². The molecule has 1 rings (SSSR count).